The normalized spacial score (nSPS) is 10.7. The van der Waals surface area contributed by atoms with Gasteiger partial charge in [0.25, 0.3) is 0 Å². The average molecular weight is 275 g/mol. The van der Waals surface area contributed by atoms with Crippen molar-refractivity contribution < 1.29 is 24.2 Å². The highest BCUT2D eigenvalue weighted by molar-refractivity contribution is 5.76. The van der Waals surface area contributed by atoms with E-state index in [0.29, 0.717) is 0 Å². The Kier molecular flexibility index (Phi) is 6.67. The zero-order chi connectivity index (χ0) is 15.1. The van der Waals surface area contributed by atoms with Gasteiger partial charge in [-0.25, -0.2) is 9.59 Å². The molecule has 0 unspecified atom stereocenters. The molecule has 0 aromatic heterocycles. The van der Waals surface area contributed by atoms with Gasteiger partial charge in [-0.3, -0.25) is 4.79 Å². The summed E-state index contributed by atoms with van der Waals surface area (Å²) < 4.78 is 4.47. The Bertz CT molecular complexity index is 338. The quantitative estimate of drug-likeness (QED) is 0.604. The van der Waals surface area contributed by atoms with Crippen LogP contribution in [0.15, 0.2) is 0 Å². The molecule has 0 aromatic rings. The number of rotatable bonds is 6. The number of urea groups is 1. The Morgan fingerprint density at radius 2 is 1.89 bits per heavy atom. The molecule has 3 amide bonds. The van der Waals surface area contributed by atoms with Gasteiger partial charge in [0.05, 0.1) is 13.0 Å². The van der Waals surface area contributed by atoms with Gasteiger partial charge in [0.2, 0.25) is 0 Å². The van der Waals surface area contributed by atoms with Gasteiger partial charge >= 0.3 is 18.1 Å². The Labute approximate surface area is 111 Å². The molecule has 8 heteroatoms. The summed E-state index contributed by atoms with van der Waals surface area (Å²) in [6.07, 6.45) is -1.05. The van der Waals surface area contributed by atoms with E-state index in [1.807, 2.05) is 0 Å². The van der Waals surface area contributed by atoms with E-state index in [0.717, 1.165) is 0 Å². The number of hydrogen-bond donors (Lipinski definition) is 3. The van der Waals surface area contributed by atoms with Crippen LogP contribution in [-0.2, 0) is 9.53 Å². The second kappa shape index (κ2) is 7.45. The number of aliphatic carboxylic acids is 1. The second-order valence-electron chi connectivity index (χ2n) is 4.87. The highest BCUT2D eigenvalue weighted by Gasteiger charge is 2.26. The largest absolute Gasteiger partial charge is 0.481 e. The molecule has 0 aromatic carbocycles. The van der Waals surface area contributed by atoms with Crippen LogP contribution in [0.5, 0.6) is 0 Å². The van der Waals surface area contributed by atoms with Crippen LogP contribution in [0, 0.1) is 0 Å². The molecule has 0 radical (unpaired) electrons. The lowest BCUT2D eigenvalue weighted by molar-refractivity contribution is -0.137. The summed E-state index contributed by atoms with van der Waals surface area (Å²) in [4.78, 5) is 34.2. The van der Waals surface area contributed by atoms with E-state index in [2.05, 4.69) is 10.1 Å². The molecule has 8 nitrogen and oxygen atoms in total. The van der Waals surface area contributed by atoms with Crippen molar-refractivity contribution in [2.75, 3.05) is 19.7 Å². The fourth-order valence-electron chi connectivity index (χ4n) is 1.35. The maximum atomic E-state index is 11.9. The lowest BCUT2D eigenvalue weighted by Gasteiger charge is -2.35. The fourth-order valence-corrected chi connectivity index (χ4v) is 1.35. The maximum Gasteiger partial charge on any atom is 0.404 e. The summed E-state index contributed by atoms with van der Waals surface area (Å²) in [7, 11) is 0. The molecule has 4 N–H and O–H groups in total. The number of nitrogens with two attached hydrogens (primary N) is 1. The highest BCUT2D eigenvalue weighted by Crippen LogP contribution is 2.13. The number of carbonyl (C=O) groups is 3. The van der Waals surface area contributed by atoms with Gasteiger partial charge in [-0.05, 0) is 20.8 Å². The summed E-state index contributed by atoms with van der Waals surface area (Å²) in [5, 5.41) is 11.2. The number of nitrogens with zero attached hydrogens (tertiary/aromatic N) is 1. The van der Waals surface area contributed by atoms with E-state index in [-0.39, 0.29) is 26.1 Å². The summed E-state index contributed by atoms with van der Waals surface area (Å²) >= 11 is 0. The number of primary amides is 1. The summed E-state index contributed by atoms with van der Waals surface area (Å²) in [6.45, 7) is 5.58. The van der Waals surface area contributed by atoms with Crippen molar-refractivity contribution in [2.24, 2.45) is 5.73 Å². The molecule has 0 rings (SSSR count). The number of hydrogen-bond acceptors (Lipinski definition) is 4. The van der Waals surface area contributed by atoms with Gasteiger partial charge < -0.3 is 25.8 Å². The van der Waals surface area contributed by atoms with Gasteiger partial charge in [0.1, 0.15) is 6.61 Å². The van der Waals surface area contributed by atoms with Gasteiger partial charge in [-0.2, -0.15) is 0 Å². The lowest BCUT2D eigenvalue weighted by atomic mass is 10.1. The van der Waals surface area contributed by atoms with Crippen molar-refractivity contribution in [1.29, 1.82) is 0 Å². The van der Waals surface area contributed by atoms with Gasteiger partial charge in [0.15, 0.2) is 0 Å². The Hall–Kier alpha value is -1.99. The minimum Gasteiger partial charge on any atom is -0.481 e. The number of carboxylic acid groups (broad SMARTS) is 1. The van der Waals surface area contributed by atoms with Crippen LogP contribution in [0.1, 0.15) is 27.2 Å². The highest BCUT2D eigenvalue weighted by atomic mass is 16.5. The van der Waals surface area contributed by atoms with E-state index in [4.69, 9.17) is 10.8 Å². The summed E-state index contributed by atoms with van der Waals surface area (Å²) in [5.74, 6) is -0.973. The molecule has 0 saturated carbocycles. The van der Waals surface area contributed by atoms with Crippen LogP contribution in [0.4, 0.5) is 9.59 Å². The third-order valence-corrected chi connectivity index (χ3v) is 2.23. The lowest BCUT2D eigenvalue weighted by Crippen LogP contribution is -2.51. The van der Waals surface area contributed by atoms with Gasteiger partial charge in [-0.1, -0.05) is 0 Å². The molecule has 0 bridgehead atoms. The molecule has 0 spiro atoms. The van der Waals surface area contributed by atoms with E-state index < -0.39 is 23.6 Å². The predicted octanol–water partition coefficient (Wildman–Crippen LogP) is 0.367. The van der Waals surface area contributed by atoms with Crippen molar-refractivity contribution in [3.05, 3.63) is 0 Å². The third kappa shape index (κ3) is 7.85. The standard InChI is InChI=1S/C11H21N3O5/c1-11(2,3)14(6-4-8(15)16)10(18)13-5-7-19-9(12)17/h4-7H2,1-3H3,(H2,12,17)(H,13,18)(H,15,16). The van der Waals surface area contributed by atoms with E-state index >= 15 is 0 Å². The fraction of sp³-hybridized carbons (Fsp3) is 0.727. The molecular formula is C11H21N3O5. The molecule has 110 valence electrons. The molecule has 0 atom stereocenters. The molecule has 0 fully saturated rings. The van der Waals surface area contributed by atoms with Crippen molar-refractivity contribution >= 4 is 18.1 Å². The van der Waals surface area contributed by atoms with Crippen LogP contribution in [0.3, 0.4) is 0 Å². The van der Waals surface area contributed by atoms with Crippen molar-refractivity contribution in [2.45, 2.75) is 32.7 Å². The number of carbonyl (C=O) groups excluding carboxylic acids is 2. The Balaban J connectivity index is 4.31. The average Bonchev–Trinajstić information content (AvgIpc) is 2.22. The second-order valence-corrected chi connectivity index (χ2v) is 4.87. The van der Waals surface area contributed by atoms with Gasteiger partial charge in [-0.15, -0.1) is 0 Å². The zero-order valence-electron chi connectivity index (χ0n) is 11.4. The summed E-state index contributed by atoms with van der Waals surface area (Å²) in [5.41, 5.74) is 4.26. The van der Waals surface area contributed by atoms with Crippen molar-refractivity contribution in [1.82, 2.24) is 10.2 Å². The topological polar surface area (TPSA) is 122 Å². The van der Waals surface area contributed by atoms with Crippen LogP contribution >= 0.6 is 0 Å². The number of nitrogens with one attached hydrogen (secondary N) is 1. The first kappa shape index (κ1) is 17.0. The van der Waals surface area contributed by atoms with Crippen molar-refractivity contribution in [3.8, 4) is 0 Å². The number of ether oxygens (including phenoxy) is 1. The minimum atomic E-state index is -0.973. The SMILES string of the molecule is CC(C)(C)N(CCC(=O)O)C(=O)NCCOC(N)=O. The van der Waals surface area contributed by atoms with Crippen molar-refractivity contribution in [3.63, 3.8) is 0 Å². The number of amides is 3. The molecule has 0 aliphatic heterocycles. The van der Waals surface area contributed by atoms with E-state index in [1.54, 1.807) is 20.8 Å². The monoisotopic (exact) mass is 275 g/mol. The Morgan fingerprint density at radius 3 is 2.32 bits per heavy atom. The molecular weight excluding hydrogens is 254 g/mol. The van der Waals surface area contributed by atoms with E-state index in [9.17, 15) is 14.4 Å². The first-order valence-electron chi connectivity index (χ1n) is 5.84. The predicted molar refractivity (Wildman–Crippen MR) is 67.6 cm³/mol. The first-order chi connectivity index (χ1) is 8.64. The Morgan fingerprint density at radius 1 is 1.32 bits per heavy atom. The van der Waals surface area contributed by atoms with Crippen LogP contribution in [0.25, 0.3) is 0 Å². The van der Waals surface area contributed by atoms with Crippen LogP contribution < -0.4 is 11.1 Å². The maximum absolute atomic E-state index is 11.9. The third-order valence-electron chi connectivity index (χ3n) is 2.23. The zero-order valence-corrected chi connectivity index (χ0v) is 11.4. The van der Waals surface area contributed by atoms with Gasteiger partial charge in [0, 0.05) is 12.1 Å². The first-order valence-corrected chi connectivity index (χ1v) is 5.84. The smallest absolute Gasteiger partial charge is 0.404 e. The molecule has 0 aliphatic carbocycles. The molecule has 0 saturated heterocycles. The molecule has 0 aliphatic rings. The molecule has 0 heterocycles. The van der Waals surface area contributed by atoms with Crippen LogP contribution in [-0.4, -0.2) is 53.3 Å². The minimum absolute atomic E-state index is 0.0298. The van der Waals surface area contributed by atoms with Crippen LogP contribution in [0.2, 0.25) is 0 Å². The number of carboxylic acids is 1. The summed E-state index contributed by atoms with van der Waals surface area (Å²) in [6, 6.07) is -0.415. The van der Waals surface area contributed by atoms with E-state index in [1.165, 1.54) is 4.90 Å². The molecule has 19 heavy (non-hydrogen) atoms.